The van der Waals surface area contributed by atoms with E-state index in [4.69, 9.17) is 5.73 Å². The normalized spacial score (nSPS) is 9.71. The predicted octanol–water partition coefficient (Wildman–Crippen LogP) is 0.838. The molecule has 1 aromatic rings. The molecule has 0 aliphatic rings. The van der Waals surface area contributed by atoms with Crippen LogP contribution in [0.3, 0.4) is 0 Å². The number of carbonyl (C=O) groups excluding carboxylic acids is 2. The van der Waals surface area contributed by atoms with Crippen molar-refractivity contribution in [2.75, 3.05) is 12.3 Å². The number of ether oxygens (including phenoxy) is 1. The molecule has 0 saturated carbocycles. The van der Waals surface area contributed by atoms with E-state index >= 15 is 0 Å². The van der Waals surface area contributed by atoms with Gasteiger partial charge in [-0.05, 0) is 24.6 Å². The number of nitrogen functional groups attached to an aromatic ring is 1. The van der Waals surface area contributed by atoms with E-state index in [1.807, 2.05) is 12.1 Å². The van der Waals surface area contributed by atoms with Crippen LogP contribution in [0.15, 0.2) is 24.3 Å². The fraction of sp³-hybridized carbons (Fsp3) is 0.333. The lowest BCUT2D eigenvalue weighted by molar-refractivity contribution is -0.146. The highest BCUT2D eigenvalue weighted by atomic mass is 16.5. The van der Waals surface area contributed by atoms with Crippen molar-refractivity contribution in [3.63, 3.8) is 0 Å². The van der Waals surface area contributed by atoms with Gasteiger partial charge in [-0.3, -0.25) is 9.59 Å². The Bertz CT molecular complexity index is 404. The minimum Gasteiger partial charge on any atom is -0.466 e. The largest absolute Gasteiger partial charge is 0.466 e. The Morgan fingerprint density at radius 3 is 2.82 bits per heavy atom. The molecule has 0 atom stereocenters. The number of hydrogen-bond donors (Lipinski definition) is 2. The predicted molar refractivity (Wildman–Crippen MR) is 64.0 cm³/mol. The van der Waals surface area contributed by atoms with Gasteiger partial charge in [0.1, 0.15) is 6.42 Å². The topological polar surface area (TPSA) is 81.4 Å². The van der Waals surface area contributed by atoms with Gasteiger partial charge in [-0.2, -0.15) is 0 Å². The molecule has 17 heavy (non-hydrogen) atoms. The standard InChI is InChI=1S/C12H16N2O3/c1-2-17-12(16)7-11(15)14-8-9-4-3-5-10(13)6-9/h3-6H,2,7-8,13H2,1H3,(H,14,15). The van der Waals surface area contributed by atoms with E-state index in [0.717, 1.165) is 5.56 Å². The first-order valence-electron chi connectivity index (χ1n) is 5.38. The van der Waals surface area contributed by atoms with E-state index < -0.39 is 5.97 Å². The number of esters is 1. The number of benzene rings is 1. The maximum Gasteiger partial charge on any atom is 0.315 e. The molecule has 0 aliphatic heterocycles. The van der Waals surface area contributed by atoms with Crippen LogP contribution in [-0.2, 0) is 20.9 Å². The van der Waals surface area contributed by atoms with Crippen LogP contribution < -0.4 is 11.1 Å². The molecule has 0 unspecified atom stereocenters. The van der Waals surface area contributed by atoms with Crippen LogP contribution in [0.1, 0.15) is 18.9 Å². The molecule has 0 aromatic heterocycles. The van der Waals surface area contributed by atoms with Crippen molar-refractivity contribution in [1.82, 2.24) is 5.32 Å². The lowest BCUT2D eigenvalue weighted by atomic mass is 10.2. The lowest BCUT2D eigenvalue weighted by Gasteiger charge is -2.05. The van der Waals surface area contributed by atoms with Crippen molar-refractivity contribution < 1.29 is 14.3 Å². The average Bonchev–Trinajstić information content (AvgIpc) is 2.27. The maximum atomic E-state index is 11.3. The number of hydrogen-bond acceptors (Lipinski definition) is 4. The van der Waals surface area contributed by atoms with Gasteiger partial charge in [0.2, 0.25) is 5.91 Å². The number of carbonyl (C=O) groups is 2. The van der Waals surface area contributed by atoms with Gasteiger partial charge in [-0.25, -0.2) is 0 Å². The fourth-order valence-electron chi connectivity index (χ4n) is 1.31. The number of nitrogens with two attached hydrogens (primary N) is 1. The van der Waals surface area contributed by atoms with Gasteiger partial charge in [-0.1, -0.05) is 12.1 Å². The fourth-order valence-corrected chi connectivity index (χ4v) is 1.31. The zero-order chi connectivity index (χ0) is 12.7. The van der Waals surface area contributed by atoms with Gasteiger partial charge < -0.3 is 15.8 Å². The third-order valence-electron chi connectivity index (χ3n) is 2.05. The van der Waals surface area contributed by atoms with Crippen LogP contribution in [0, 0.1) is 0 Å². The Morgan fingerprint density at radius 2 is 2.18 bits per heavy atom. The smallest absolute Gasteiger partial charge is 0.315 e. The molecule has 0 aliphatic carbocycles. The Morgan fingerprint density at radius 1 is 1.41 bits per heavy atom. The van der Waals surface area contributed by atoms with Gasteiger partial charge in [0.05, 0.1) is 6.61 Å². The van der Waals surface area contributed by atoms with Crippen LogP contribution in [0.4, 0.5) is 5.69 Å². The second kappa shape index (κ2) is 6.52. The number of amides is 1. The average molecular weight is 236 g/mol. The minimum absolute atomic E-state index is 0.254. The summed E-state index contributed by atoms with van der Waals surface area (Å²) in [5.41, 5.74) is 7.13. The first-order chi connectivity index (χ1) is 8.11. The Balaban J connectivity index is 2.35. The van der Waals surface area contributed by atoms with Crippen molar-refractivity contribution in [3.05, 3.63) is 29.8 Å². The second-order valence-electron chi connectivity index (χ2n) is 3.50. The van der Waals surface area contributed by atoms with Crippen molar-refractivity contribution in [3.8, 4) is 0 Å². The minimum atomic E-state index is -0.516. The molecule has 0 fully saturated rings. The second-order valence-corrected chi connectivity index (χ2v) is 3.50. The van der Waals surface area contributed by atoms with E-state index in [2.05, 4.69) is 10.1 Å². The first-order valence-corrected chi connectivity index (χ1v) is 5.38. The summed E-state index contributed by atoms with van der Waals surface area (Å²) < 4.78 is 4.66. The monoisotopic (exact) mass is 236 g/mol. The summed E-state index contributed by atoms with van der Waals surface area (Å²) in [5.74, 6) is -0.872. The van der Waals surface area contributed by atoms with Gasteiger partial charge in [0.15, 0.2) is 0 Å². The van der Waals surface area contributed by atoms with Gasteiger partial charge in [0, 0.05) is 12.2 Å². The highest BCUT2D eigenvalue weighted by Crippen LogP contribution is 2.05. The van der Waals surface area contributed by atoms with Crippen LogP contribution >= 0.6 is 0 Å². The quantitative estimate of drug-likeness (QED) is 0.451. The summed E-state index contributed by atoms with van der Waals surface area (Å²) in [6.07, 6.45) is -0.254. The molecule has 0 bridgehead atoms. The highest BCUT2D eigenvalue weighted by Gasteiger charge is 2.09. The Kier molecular flexibility index (Phi) is 5.00. The number of anilines is 1. The summed E-state index contributed by atoms with van der Waals surface area (Å²) in [4.78, 5) is 22.4. The third kappa shape index (κ3) is 5.01. The molecule has 5 heteroatoms. The molecular weight excluding hydrogens is 220 g/mol. The molecule has 1 amide bonds. The number of nitrogens with one attached hydrogen (secondary N) is 1. The van der Waals surface area contributed by atoms with E-state index in [1.54, 1.807) is 19.1 Å². The summed E-state index contributed by atoms with van der Waals surface area (Å²) in [5, 5.41) is 2.62. The van der Waals surface area contributed by atoms with Gasteiger partial charge >= 0.3 is 5.97 Å². The van der Waals surface area contributed by atoms with E-state index in [-0.39, 0.29) is 18.9 Å². The molecular formula is C12H16N2O3. The molecule has 5 nitrogen and oxygen atoms in total. The van der Waals surface area contributed by atoms with Crippen molar-refractivity contribution in [2.45, 2.75) is 19.9 Å². The van der Waals surface area contributed by atoms with Crippen LogP contribution in [0.25, 0.3) is 0 Å². The SMILES string of the molecule is CCOC(=O)CC(=O)NCc1cccc(N)c1. The molecule has 92 valence electrons. The summed E-state index contributed by atoms with van der Waals surface area (Å²) in [7, 11) is 0. The number of rotatable bonds is 5. The Hall–Kier alpha value is -2.04. The lowest BCUT2D eigenvalue weighted by Crippen LogP contribution is -2.26. The van der Waals surface area contributed by atoms with E-state index in [1.165, 1.54) is 0 Å². The molecule has 0 heterocycles. The van der Waals surface area contributed by atoms with Gasteiger partial charge in [0.25, 0.3) is 0 Å². The molecule has 3 N–H and O–H groups in total. The molecule has 0 saturated heterocycles. The molecule has 1 rings (SSSR count). The maximum absolute atomic E-state index is 11.3. The van der Waals surface area contributed by atoms with Crippen molar-refractivity contribution in [2.24, 2.45) is 0 Å². The van der Waals surface area contributed by atoms with Crippen molar-refractivity contribution in [1.29, 1.82) is 0 Å². The molecule has 1 aromatic carbocycles. The van der Waals surface area contributed by atoms with E-state index in [9.17, 15) is 9.59 Å². The zero-order valence-electron chi connectivity index (χ0n) is 9.73. The van der Waals surface area contributed by atoms with Gasteiger partial charge in [-0.15, -0.1) is 0 Å². The Labute approximate surface area is 99.9 Å². The molecule has 0 spiro atoms. The van der Waals surface area contributed by atoms with Crippen LogP contribution in [0.2, 0.25) is 0 Å². The first kappa shape index (κ1) is 13.0. The third-order valence-corrected chi connectivity index (χ3v) is 2.05. The van der Waals surface area contributed by atoms with E-state index in [0.29, 0.717) is 12.2 Å². The summed E-state index contributed by atoms with van der Waals surface area (Å²) in [6.45, 7) is 2.33. The van der Waals surface area contributed by atoms with Crippen molar-refractivity contribution >= 4 is 17.6 Å². The highest BCUT2D eigenvalue weighted by molar-refractivity contribution is 5.94. The summed E-state index contributed by atoms with van der Waals surface area (Å²) in [6, 6.07) is 7.19. The van der Waals surface area contributed by atoms with Crippen LogP contribution in [-0.4, -0.2) is 18.5 Å². The zero-order valence-corrected chi connectivity index (χ0v) is 9.73. The van der Waals surface area contributed by atoms with Crippen LogP contribution in [0.5, 0.6) is 0 Å². The summed E-state index contributed by atoms with van der Waals surface area (Å²) >= 11 is 0. The molecule has 0 radical (unpaired) electrons.